The van der Waals surface area contributed by atoms with Crippen LogP contribution in [0.4, 0.5) is 0 Å². The quantitative estimate of drug-likeness (QED) is 0.714. The second-order valence-corrected chi connectivity index (χ2v) is 9.04. The van der Waals surface area contributed by atoms with E-state index < -0.39 is 23.7 Å². The Balaban J connectivity index is 1.28. The molecule has 3 heterocycles. The van der Waals surface area contributed by atoms with E-state index in [1.165, 1.54) is 18.7 Å². The second-order valence-electron chi connectivity index (χ2n) is 9.04. The van der Waals surface area contributed by atoms with Crippen LogP contribution in [0, 0.1) is 11.8 Å². The van der Waals surface area contributed by atoms with Crippen molar-refractivity contribution in [2.24, 2.45) is 11.8 Å². The molecule has 6 heteroatoms. The van der Waals surface area contributed by atoms with Crippen LogP contribution in [0.3, 0.4) is 0 Å². The molecule has 0 N–H and O–H groups in total. The summed E-state index contributed by atoms with van der Waals surface area (Å²) in [6.07, 6.45) is 1.30. The minimum atomic E-state index is -0.598. The summed E-state index contributed by atoms with van der Waals surface area (Å²) in [6.45, 7) is 6.54. The molecule has 3 saturated heterocycles. The Hall–Kier alpha value is -2.73. The molecule has 2 aromatic carbocycles. The van der Waals surface area contributed by atoms with Crippen LogP contribution < -0.4 is 0 Å². The lowest BCUT2D eigenvalue weighted by molar-refractivity contribution is -0.198. The zero-order valence-electron chi connectivity index (χ0n) is 17.3. The van der Waals surface area contributed by atoms with Crippen molar-refractivity contribution in [3.63, 3.8) is 0 Å². The first-order chi connectivity index (χ1) is 14.4. The van der Waals surface area contributed by atoms with Gasteiger partial charge in [-0.3, -0.25) is 14.5 Å². The highest BCUT2D eigenvalue weighted by Crippen LogP contribution is 2.41. The summed E-state index contributed by atoms with van der Waals surface area (Å²) in [7, 11) is 0. The lowest BCUT2D eigenvalue weighted by Crippen LogP contribution is -2.70. The summed E-state index contributed by atoms with van der Waals surface area (Å²) >= 11 is 0. The van der Waals surface area contributed by atoms with E-state index in [2.05, 4.69) is 30.0 Å². The molecule has 4 atom stereocenters. The van der Waals surface area contributed by atoms with Gasteiger partial charge >= 0.3 is 5.97 Å². The van der Waals surface area contributed by atoms with Gasteiger partial charge < -0.3 is 4.84 Å². The molecule has 30 heavy (non-hydrogen) atoms. The van der Waals surface area contributed by atoms with Gasteiger partial charge in [0.15, 0.2) is 0 Å². The summed E-state index contributed by atoms with van der Waals surface area (Å²) in [4.78, 5) is 43.4. The predicted octanol–water partition coefficient (Wildman–Crippen LogP) is 3.04. The van der Waals surface area contributed by atoms with Crippen molar-refractivity contribution in [3.05, 3.63) is 47.5 Å². The Labute approximate surface area is 175 Å². The lowest BCUT2D eigenvalue weighted by Gasteiger charge is -2.60. The van der Waals surface area contributed by atoms with Gasteiger partial charge in [-0.2, -0.15) is 0 Å². The van der Waals surface area contributed by atoms with Crippen LogP contribution in [-0.2, 0) is 25.6 Å². The van der Waals surface area contributed by atoms with Crippen LogP contribution in [0.5, 0.6) is 0 Å². The number of fused-ring (bicyclic) bond motifs is 2. The van der Waals surface area contributed by atoms with Crippen molar-refractivity contribution in [1.29, 1.82) is 0 Å². The summed E-state index contributed by atoms with van der Waals surface area (Å²) in [5.74, 6) is -0.513. The smallest absolute Gasteiger partial charge is 0.330 e. The Bertz CT molecular complexity index is 1030. The highest BCUT2D eigenvalue weighted by atomic mass is 16.7. The third-order valence-corrected chi connectivity index (χ3v) is 6.95. The second kappa shape index (κ2) is 7.20. The minimum absolute atomic E-state index is 0.0946. The van der Waals surface area contributed by atoms with Crippen molar-refractivity contribution in [2.75, 3.05) is 13.1 Å². The molecule has 3 unspecified atom stereocenters. The highest BCUT2D eigenvalue weighted by Gasteiger charge is 2.49. The third-order valence-electron chi connectivity index (χ3n) is 6.95. The summed E-state index contributed by atoms with van der Waals surface area (Å²) in [5, 5.41) is 2.83. The summed E-state index contributed by atoms with van der Waals surface area (Å²) < 4.78 is 0. The van der Waals surface area contributed by atoms with Gasteiger partial charge in [0.2, 0.25) is 0 Å². The molecule has 156 valence electrons. The number of carbonyl (C=O) groups is 3. The van der Waals surface area contributed by atoms with Gasteiger partial charge in [0.1, 0.15) is 0 Å². The Morgan fingerprint density at radius 1 is 1.07 bits per heavy atom. The molecule has 3 fully saturated rings. The first-order valence-corrected chi connectivity index (χ1v) is 10.7. The number of nitrogens with zero attached hydrogens (tertiary/aromatic N) is 2. The average molecular weight is 406 g/mol. The molecule has 2 aromatic rings. The zero-order valence-corrected chi connectivity index (χ0v) is 17.3. The molecule has 2 amide bonds. The van der Waals surface area contributed by atoms with E-state index in [4.69, 9.17) is 4.84 Å². The number of hydrogen-bond acceptors (Lipinski definition) is 5. The summed E-state index contributed by atoms with van der Waals surface area (Å²) in [6, 6.07) is 13.2. The van der Waals surface area contributed by atoms with E-state index in [-0.39, 0.29) is 12.8 Å². The SMILES string of the molecule is CC1CN2CC(Cc3ccc4cc([C@H](C)C(=O)ON5C(=O)CCC5=O)ccc4c3)C12. The van der Waals surface area contributed by atoms with Gasteiger partial charge in [0.25, 0.3) is 11.8 Å². The molecule has 0 bridgehead atoms. The number of piperidine rings is 1. The number of benzene rings is 2. The van der Waals surface area contributed by atoms with Gasteiger partial charge in [-0.1, -0.05) is 43.3 Å². The van der Waals surface area contributed by atoms with Crippen LogP contribution in [0.2, 0.25) is 0 Å². The maximum Gasteiger partial charge on any atom is 0.340 e. The van der Waals surface area contributed by atoms with Crippen molar-refractivity contribution in [2.45, 2.75) is 45.1 Å². The topological polar surface area (TPSA) is 66.9 Å². The molecule has 3 aliphatic rings. The Kier molecular flexibility index (Phi) is 4.62. The first kappa shape index (κ1) is 19.2. The van der Waals surface area contributed by atoms with Gasteiger partial charge in [0, 0.05) is 32.0 Å². The third kappa shape index (κ3) is 3.19. The normalized spacial score (nSPS) is 26.9. The molecule has 0 aromatic heterocycles. The van der Waals surface area contributed by atoms with Crippen LogP contribution in [-0.4, -0.2) is 46.9 Å². The Morgan fingerprint density at radius 2 is 1.77 bits per heavy atom. The number of rotatable bonds is 5. The van der Waals surface area contributed by atoms with E-state index >= 15 is 0 Å². The fourth-order valence-electron chi connectivity index (χ4n) is 5.21. The lowest BCUT2D eigenvalue weighted by atomic mass is 9.70. The van der Waals surface area contributed by atoms with Gasteiger partial charge in [0.05, 0.1) is 5.92 Å². The average Bonchev–Trinajstić information content (AvgIpc) is 3.03. The van der Waals surface area contributed by atoms with Crippen molar-refractivity contribution in [3.8, 4) is 0 Å². The first-order valence-electron chi connectivity index (χ1n) is 10.7. The van der Waals surface area contributed by atoms with Crippen molar-refractivity contribution in [1.82, 2.24) is 9.96 Å². The monoisotopic (exact) mass is 406 g/mol. The fourth-order valence-corrected chi connectivity index (χ4v) is 5.21. The number of imide groups is 1. The number of carbonyl (C=O) groups excluding carboxylic acids is 3. The van der Waals surface area contributed by atoms with E-state index in [0.717, 1.165) is 40.6 Å². The van der Waals surface area contributed by atoms with Gasteiger partial charge in [-0.15, -0.1) is 5.06 Å². The van der Waals surface area contributed by atoms with Crippen LogP contribution >= 0.6 is 0 Å². The minimum Gasteiger partial charge on any atom is -0.330 e. The van der Waals surface area contributed by atoms with E-state index in [1.807, 2.05) is 18.2 Å². The van der Waals surface area contributed by atoms with Crippen LogP contribution in [0.15, 0.2) is 36.4 Å². The number of hydrogen-bond donors (Lipinski definition) is 0. The molecular weight excluding hydrogens is 380 g/mol. The standard InChI is InChI=1S/C24H26N2O4/c1-14-12-25-13-20(23(14)25)10-16-3-4-19-11-17(5-6-18(19)9-16)15(2)24(29)30-26-21(27)7-8-22(26)28/h3-6,9,11,14-15,20,23H,7-8,10,12-13H2,1-2H3/t14?,15-,20?,23?/m0/s1. The molecule has 0 aliphatic carbocycles. The van der Waals surface area contributed by atoms with Crippen LogP contribution in [0.1, 0.15) is 43.7 Å². The molecule has 5 rings (SSSR count). The van der Waals surface area contributed by atoms with E-state index in [9.17, 15) is 14.4 Å². The maximum atomic E-state index is 12.5. The summed E-state index contributed by atoms with van der Waals surface area (Å²) in [5.41, 5.74) is 2.16. The van der Waals surface area contributed by atoms with Crippen LogP contribution in [0.25, 0.3) is 10.8 Å². The fraction of sp³-hybridized carbons (Fsp3) is 0.458. The molecule has 0 spiro atoms. The van der Waals surface area contributed by atoms with E-state index in [0.29, 0.717) is 5.06 Å². The largest absolute Gasteiger partial charge is 0.340 e. The number of hydroxylamine groups is 2. The Morgan fingerprint density at radius 3 is 2.47 bits per heavy atom. The molecule has 3 aliphatic heterocycles. The van der Waals surface area contributed by atoms with Crippen molar-refractivity contribution < 1.29 is 19.2 Å². The predicted molar refractivity (Wildman–Crippen MR) is 111 cm³/mol. The van der Waals surface area contributed by atoms with Gasteiger partial charge in [-0.25, -0.2) is 4.79 Å². The number of amides is 2. The van der Waals surface area contributed by atoms with Gasteiger partial charge in [-0.05, 0) is 47.1 Å². The van der Waals surface area contributed by atoms with Crippen molar-refractivity contribution >= 4 is 28.6 Å². The molecule has 0 radical (unpaired) electrons. The maximum absolute atomic E-state index is 12.5. The highest BCUT2D eigenvalue weighted by molar-refractivity contribution is 6.01. The molecule has 0 saturated carbocycles. The van der Waals surface area contributed by atoms with E-state index in [1.54, 1.807) is 6.92 Å². The molecule has 6 nitrogen and oxygen atoms in total. The molecular formula is C24H26N2O4. The zero-order chi connectivity index (χ0) is 21.0.